The summed E-state index contributed by atoms with van der Waals surface area (Å²) in [4.78, 5) is 16.9. The van der Waals surface area contributed by atoms with Gasteiger partial charge in [0.1, 0.15) is 5.01 Å². The molecule has 4 rings (SSSR count). The lowest BCUT2D eigenvalue weighted by atomic mass is 10.1. The maximum atomic E-state index is 12.3. The molecule has 31 heavy (non-hydrogen) atoms. The van der Waals surface area contributed by atoms with Crippen LogP contribution in [0.5, 0.6) is 0 Å². The van der Waals surface area contributed by atoms with Gasteiger partial charge in [0.05, 0.1) is 17.8 Å². The number of carbonyl (C=O) groups excluding carboxylic acids is 1. The number of carbonyl (C=O) groups is 1. The van der Waals surface area contributed by atoms with Crippen LogP contribution < -0.4 is 5.32 Å². The Balaban J connectivity index is 1.37. The Kier molecular flexibility index (Phi) is 6.43. The molecule has 0 atom stereocenters. The normalized spacial score (nSPS) is 10.9. The number of hydrogen-bond donors (Lipinski definition) is 1. The van der Waals surface area contributed by atoms with Crippen molar-refractivity contribution in [1.29, 1.82) is 0 Å². The van der Waals surface area contributed by atoms with Crippen molar-refractivity contribution >= 4 is 34.7 Å². The smallest absolute Gasteiger partial charge is 0.231 e. The molecular formula is C22H22N6OS2. The van der Waals surface area contributed by atoms with E-state index in [1.807, 2.05) is 48.7 Å². The second-order valence-corrected chi connectivity index (χ2v) is 9.09. The molecule has 2 aromatic heterocycles. The highest BCUT2D eigenvalue weighted by atomic mass is 32.2. The van der Waals surface area contributed by atoms with Crippen LogP contribution in [0, 0.1) is 20.8 Å². The first-order chi connectivity index (χ1) is 15.0. The lowest BCUT2D eigenvalue weighted by molar-refractivity contribution is -0.115. The van der Waals surface area contributed by atoms with Gasteiger partial charge in [-0.2, -0.15) is 4.68 Å². The summed E-state index contributed by atoms with van der Waals surface area (Å²) in [5.74, 6) is 0.553. The standard InChI is InChI=1S/C22H22N6OS2/c1-14-7-9-17(10-8-14)23-20(29)11-21-24-18(12-30-21)13-31-22-25-26-27-28(22)19-6-4-5-15(2)16(19)3/h4-10,12H,11,13H2,1-3H3,(H,23,29). The number of anilines is 1. The third-order valence-electron chi connectivity index (χ3n) is 4.84. The number of aromatic nitrogens is 5. The average Bonchev–Trinajstić information content (AvgIpc) is 3.39. The number of hydrogen-bond acceptors (Lipinski definition) is 7. The van der Waals surface area contributed by atoms with E-state index in [9.17, 15) is 4.79 Å². The minimum atomic E-state index is -0.0729. The predicted octanol–water partition coefficient (Wildman–Crippen LogP) is 4.52. The molecular weight excluding hydrogens is 428 g/mol. The fourth-order valence-electron chi connectivity index (χ4n) is 3.00. The Morgan fingerprint density at radius 1 is 1.13 bits per heavy atom. The van der Waals surface area contributed by atoms with Gasteiger partial charge in [-0.1, -0.05) is 41.6 Å². The third-order valence-corrected chi connectivity index (χ3v) is 6.69. The van der Waals surface area contributed by atoms with Crippen LogP contribution in [0.3, 0.4) is 0 Å². The number of rotatable bonds is 7. The van der Waals surface area contributed by atoms with E-state index in [0.29, 0.717) is 10.9 Å². The van der Waals surface area contributed by atoms with Gasteiger partial charge in [0.25, 0.3) is 0 Å². The summed E-state index contributed by atoms with van der Waals surface area (Å²) in [7, 11) is 0. The first-order valence-electron chi connectivity index (χ1n) is 9.77. The highest BCUT2D eigenvalue weighted by molar-refractivity contribution is 7.98. The van der Waals surface area contributed by atoms with Crippen LogP contribution in [-0.2, 0) is 17.0 Å². The number of thiazole rings is 1. The van der Waals surface area contributed by atoms with Crippen LogP contribution >= 0.6 is 23.1 Å². The maximum Gasteiger partial charge on any atom is 0.231 e. The molecule has 0 fully saturated rings. The molecule has 7 nitrogen and oxygen atoms in total. The molecule has 0 saturated heterocycles. The molecule has 4 aromatic rings. The zero-order valence-corrected chi connectivity index (χ0v) is 19.1. The second-order valence-electron chi connectivity index (χ2n) is 7.20. The van der Waals surface area contributed by atoms with Gasteiger partial charge in [0.2, 0.25) is 11.1 Å². The van der Waals surface area contributed by atoms with Crippen molar-refractivity contribution in [3.63, 3.8) is 0 Å². The quantitative estimate of drug-likeness (QED) is 0.417. The Morgan fingerprint density at radius 3 is 2.74 bits per heavy atom. The molecule has 2 heterocycles. The van der Waals surface area contributed by atoms with Crippen LogP contribution in [0.25, 0.3) is 5.69 Å². The topological polar surface area (TPSA) is 85.6 Å². The van der Waals surface area contributed by atoms with Crippen molar-refractivity contribution in [3.8, 4) is 5.69 Å². The SMILES string of the molecule is Cc1ccc(NC(=O)Cc2nc(CSc3nnnn3-c3cccc(C)c3C)cs2)cc1. The van der Waals surface area contributed by atoms with Gasteiger partial charge >= 0.3 is 0 Å². The van der Waals surface area contributed by atoms with E-state index in [4.69, 9.17) is 0 Å². The van der Waals surface area contributed by atoms with E-state index in [-0.39, 0.29) is 12.3 Å². The van der Waals surface area contributed by atoms with Crippen molar-refractivity contribution in [1.82, 2.24) is 25.2 Å². The molecule has 1 amide bonds. The fraction of sp³-hybridized carbons (Fsp3) is 0.227. The van der Waals surface area contributed by atoms with Crippen molar-refractivity contribution in [3.05, 3.63) is 75.2 Å². The molecule has 2 aromatic carbocycles. The van der Waals surface area contributed by atoms with Gasteiger partial charge in [0.15, 0.2) is 0 Å². The number of amides is 1. The lowest BCUT2D eigenvalue weighted by Crippen LogP contribution is -2.14. The zero-order chi connectivity index (χ0) is 21.8. The van der Waals surface area contributed by atoms with Gasteiger partial charge in [-0.05, 0) is 60.5 Å². The molecule has 158 valence electrons. The maximum absolute atomic E-state index is 12.3. The molecule has 0 aliphatic rings. The number of nitrogens with zero attached hydrogens (tertiary/aromatic N) is 5. The van der Waals surface area contributed by atoms with E-state index in [2.05, 4.69) is 45.7 Å². The first-order valence-corrected chi connectivity index (χ1v) is 11.6. The van der Waals surface area contributed by atoms with Crippen molar-refractivity contribution < 1.29 is 4.79 Å². The van der Waals surface area contributed by atoms with Crippen LogP contribution in [0.1, 0.15) is 27.4 Å². The molecule has 0 aliphatic heterocycles. The van der Waals surface area contributed by atoms with E-state index < -0.39 is 0 Å². The van der Waals surface area contributed by atoms with Gasteiger partial charge in [-0.3, -0.25) is 4.79 Å². The van der Waals surface area contributed by atoms with Crippen molar-refractivity contribution in [2.45, 2.75) is 38.1 Å². The Morgan fingerprint density at radius 2 is 1.94 bits per heavy atom. The van der Waals surface area contributed by atoms with E-state index >= 15 is 0 Å². The Labute approximate surface area is 188 Å². The molecule has 0 spiro atoms. The average molecular weight is 451 g/mol. The van der Waals surface area contributed by atoms with Gasteiger partial charge in [-0.25, -0.2) is 4.98 Å². The first kappa shape index (κ1) is 21.2. The third kappa shape index (κ3) is 5.18. The van der Waals surface area contributed by atoms with Crippen molar-refractivity contribution in [2.24, 2.45) is 0 Å². The highest BCUT2D eigenvalue weighted by Gasteiger charge is 2.14. The molecule has 0 saturated carbocycles. The summed E-state index contributed by atoms with van der Waals surface area (Å²) in [5.41, 5.74) is 6.16. The number of thioether (sulfide) groups is 1. The van der Waals surface area contributed by atoms with Crippen LogP contribution in [-0.4, -0.2) is 31.1 Å². The van der Waals surface area contributed by atoms with Crippen LogP contribution in [0.2, 0.25) is 0 Å². The minimum Gasteiger partial charge on any atom is -0.326 e. The Hall–Kier alpha value is -3.04. The molecule has 1 N–H and O–H groups in total. The zero-order valence-electron chi connectivity index (χ0n) is 17.5. The summed E-state index contributed by atoms with van der Waals surface area (Å²) in [6.45, 7) is 6.15. The lowest BCUT2D eigenvalue weighted by Gasteiger charge is -2.09. The minimum absolute atomic E-state index is 0.0729. The van der Waals surface area contributed by atoms with E-state index in [0.717, 1.165) is 33.2 Å². The summed E-state index contributed by atoms with van der Waals surface area (Å²) in [6.07, 6.45) is 0.253. The molecule has 0 radical (unpaired) electrons. The highest BCUT2D eigenvalue weighted by Crippen LogP contribution is 2.25. The summed E-state index contributed by atoms with van der Waals surface area (Å²) in [6, 6.07) is 13.8. The predicted molar refractivity (Wildman–Crippen MR) is 124 cm³/mol. The van der Waals surface area contributed by atoms with Gasteiger partial charge < -0.3 is 5.32 Å². The number of aryl methyl sites for hydroxylation is 2. The summed E-state index contributed by atoms with van der Waals surface area (Å²) < 4.78 is 1.76. The van der Waals surface area contributed by atoms with Crippen LogP contribution in [0.15, 0.2) is 53.0 Å². The second kappa shape index (κ2) is 9.40. The van der Waals surface area contributed by atoms with Gasteiger partial charge in [-0.15, -0.1) is 16.4 Å². The monoisotopic (exact) mass is 450 g/mol. The van der Waals surface area contributed by atoms with E-state index in [1.54, 1.807) is 4.68 Å². The largest absolute Gasteiger partial charge is 0.326 e. The number of benzene rings is 2. The fourth-order valence-corrected chi connectivity index (χ4v) is 4.67. The summed E-state index contributed by atoms with van der Waals surface area (Å²) >= 11 is 3.01. The van der Waals surface area contributed by atoms with Crippen molar-refractivity contribution in [2.75, 3.05) is 5.32 Å². The molecule has 0 aliphatic carbocycles. The molecule has 0 unspecified atom stereocenters. The summed E-state index contributed by atoms with van der Waals surface area (Å²) in [5, 5.41) is 18.5. The Bertz CT molecular complexity index is 1200. The van der Waals surface area contributed by atoms with Crippen LogP contribution in [0.4, 0.5) is 5.69 Å². The number of nitrogens with one attached hydrogen (secondary N) is 1. The van der Waals surface area contributed by atoms with Gasteiger partial charge in [0, 0.05) is 16.8 Å². The van der Waals surface area contributed by atoms with E-state index in [1.165, 1.54) is 28.7 Å². The molecule has 0 bridgehead atoms. The number of tetrazole rings is 1. The molecule has 9 heteroatoms.